The molecule has 0 bridgehead atoms. The maximum absolute atomic E-state index is 11.9. The molecule has 0 radical (unpaired) electrons. The number of carbonyl (C=O) groups is 1. The Morgan fingerprint density at radius 3 is 2.88 bits per heavy atom. The largest absolute Gasteiger partial charge is 0.491 e. The smallest absolute Gasteiger partial charge is 0.228 e. The first-order valence-corrected chi connectivity index (χ1v) is 8.37. The Kier molecular flexibility index (Phi) is 3.95. The monoisotopic (exact) mass is 353 g/mol. The number of anilines is 1. The number of amides is 1. The number of nitrogens with one attached hydrogen (secondary N) is 1. The van der Waals surface area contributed by atoms with E-state index in [4.69, 9.17) is 9.47 Å². The molecule has 1 saturated carbocycles. The van der Waals surface area contributed by atoms with Gasteiger partial charge in [0.05, 0.1) is 13.3 Å². The lowest BCUT2D eigenvalue weighted by Crippen LogP contribution is -2.14. The second kappa shape index (κ2) is 6.29. The van der Waals surface area contributed by atoms with Crippen LogP contribution in [-0.2, 0) is 11.8 Å². The maximum atomic E-state index is 11.9. The van der Waals surface area contributed by atoms with Gasteiger partial charge in [0.1, 0.15) is 22.9 Å². The Balaban J connectivity index is 1.64. The molecule has 26 heavy (non-hydrogen) atoms. The van der Waals surface area contributed by atoms with Gasteiger partial charge in [-0.15, -0.1) is 0 Å². The first kappa shape index (κ1) is 16.3. The Morgan fingerprint density at radius 2 is 2.15 bits per heavy atom. The number of hydrogen-bond donors (Lipinski definition) is 1. The normalized spacial score (nSPS) is 13.7. The number of carbonyl (C=O) groups excluding carboxylic acids is 1. The summed E-state index contributed by atoms with van der Waals surface area (Å²) in [7, 11) is 3.48. The molecule has 1 aliphatic rings. The number of rotatable bonds is 5. The number of fused-ring (bicyclic) bond motifs is 1. The van der Waals surface area contributed by atoms with Crippen LogP contribution < -0.4 is 14.8 Å². The van der Waals surface area contributed by atoms with Crippen molar-refractivity contribution in [2.75, 3.05) is 12.4 Å². The van der Waals surface area contributed by atoms with Crippen molar-refractivity contribution >= 4 is 22.9 Å². The van der Waals surface area contributed by atoms with Crippen LogP contribution in [0.25, 0.3) is 11.2 Å². The van der Waals surface area contributed by atoms with Gasteiger partial charge in [0, 0.05) is 25.2 Å². The van der Waals surface area contributed by atoms with Crippen molar-refractivity contribution < 1.29 is 14.3 Å². The summed E-state index contributed by atoms with van der Waals surface area (Å²) >= 11 is 0. The fourth-order valence-corrected chi connectivity index (χ4v) is 2.75. The number of ether oxygens (including phenoxy) is 2. The van der Waals surface area contributed by atoms with Crippen LogP contribution >= 0.6 is 0 Å². The number of pyridine rings is 2. The van der Waals surface area contributed by atoms with Crippen LogP contribution in [0.15, 0.2) is 24.5 Å². The molecule has 1 aliphatic carbocycles. The van der Waals surface area contributed by atoms with E-state index >= 15 is 0 Å². The highest BCUT2D eigenvalue weighted by molar-refractivity contribution is 5.93. The highest BCUT2D eigenvalue weighted by atomic mass is 16.5. The molecule has 1 amide bonds. The van der Waals surface area contributed by atoms with Crippen LogP contribution in [0, 0.1) is 12.8 Å². The molecule has 3 aromatic heterocycles. The predicted octanol–water partition coefficient (Wildman–Crippen LogP) is 2.82. The number of nitrogens with zero attached hydrogens (tertiary/aromatic N) is 4. The van der Waals surface area contributed by atoms with E-state index in [-0.39, 0.29) is 11.8 Å². The van der Waals surface area contributed by atoms with Gasteiger partial charge in [-0.3, -0.25) is 4.79 Å². The minimum absolute atomic E-state index is 0.000627. The van der Waals surface area contributed by atoms with Crippen LogP contribution in [0.2, 0.25) is 0 Å². The second-order valence-corrected chi connectivity index (χ2v) is 6.29. The number of imidazole rings is 1. The summed E-state index contributed by atoms with van der Waals surface area (Å²) < 4.78 is 13.4. The van der Waals surface area contributed by atoms with E-state index in [1.807, 2.05) is 18.5 Å². The van der Waals surface area contributed by atoms with E-state index in [1.54, 1.807) is 31.6 Å². The zero-order chi connectivity index (χ0) is 18.3. The minimum Gasteiger partial charge on any atom is -0.491 e. The lowest BCUT2D eigenvalue weighted by molar-refractivity contribution is -0.117. The summed E-state index contributed by atoms with van der Waals surface area (Å²) in [4.78, 5) is 24.8. The summed E-state index contributed by atoms with van der Waals surface area (Å²) in [6, 6.07) is 3.39. The molecule has 1 fully saturated rings. The third kappa shape index (κ3) is 2.94. The SMILES string of the molecule is COc1c(Oc2ccnc(NC(=O)C3CC3)c2)cnc2nc(C)n(C)c12. The van der Waals surface area contributed by atoms with Crippen molar-refractivity contribution in [1.82, 2.24) is 19.5 Å². The zero-order valence-electron chi connectivity index (χ0n) is 14.8. The molecule has 0 saturated heterocycles. The average molecular weight is 353 g/mol. The number of methoxy groups -OCH3 is 1. The second-order valence-electron chi connectivity index (χ2n) is 6.29. The van der Waals surface area contributed by atoms with Crippen molar-refractivity contribution in [3.63, 3.8) is 0 Å². The molecule has 0 unspecified atom stereocenters. The Hall–Kier alpha value is -3.16. The quantitative estimate of drug-likeness (QED) is 0.758. The molecule has 0 aromatic carbocycles. The van der Waals surface area contributed by atoms with Gasteiger partial charge in [-0.2, -0.15) is 0 Å². The van der Waals surface area contributed by atoms with Crippen molar-refractivity contribution in [3.05, 3.63) is 30.4 Å². The van der Waals surface area contributed by atoms with E-state index in [1.165, 1.54) is 0 Å². The van der Waals surface area contributed by atoms with Crippen LogP contribution in [-0.4, -0.2) is 32.5 Å². The van der Waals surface area contributed by atoms with E-state index < -0.39 is 0 Å². The van der Waals surface area contributed by atoms with Crippen LogP contribution in [0.5, 0.6) is 17.2 Å². The number of hydrogen-bond acceptors (Lipinski definition) is 6. The zero-order valence-corrected chi connectivity index (χ0v) is 14.8. The van der Waals surface area contributed by atoms with Crippen molar-refractivity contribution in [2.45, 2.75) is 19.8 Å². The lowest BCUT2D eigenvalue weighted by atomic mass is 10.3. The summed E-state index contributed by atoms with van der Waals surface area (Å²) in [5.74, 6) is 2.96. The average Bonchev–Trinajstić information content (AvgIpc) is 3.43. The Labute approximate surface area is 150 Å². The van der Waals surface area contributed by atoms with Gasteiger partial charge < -0.3 is 19.4 Å². The van der Waals surface area contributed by atoms with Crippen molar-refractivity contribution in [1.29, 1.82) is 0 Å². The summed E-state index contributed by atoms with van der Waals surface area (Å²) in [5.41, 5.74) is 1.36. The molecule has 3 heterocycles. The first-order valence-electron chi connectivity index (χ1n) is 8.37. The van der Waals surface area contributed by atoms with Gasteiger partial charge >= 0.3 is 0 Å². The standard InChI is InChI=1S/C18H19N5O3/c1-10-21-17-15(23(10)2)16(25-3)13(9-20-17)26-12-6-7-19-14(8-12)22-18(24)11-4-5-11/h6-9,11H,4-5H2,1-3H3,(H,19,22,24). The number of aryl methyl sites for hydroxylation is 2. The summed E-state index contributed by atoms with van der Waals surface area (Å²) in [6.45, 7) is 1.90. The summed E-state index contributed by atoms with van der Waals surface area (Å²) in [6.07, 6.45) is 5.05. The molecule has 0 aliphatic heterocycles. The topological polar surface area (TPSA) is 91.2 Å². The fourth-order valence-electron chi connectivity index (χ4n) is 2.75. The molecule has 1 N–H and O–H groups in total. The van der Waals surface area contributed by atoms with E-state index in [2.05, 4.69) is 20.3 Å². The van der Waals surface area contributed by atoms with E-state index in [9.17, 15) is 4.79 Å². The summed E-state index contributed by atoms with van der Waals surface area (Å²) in [5, 5.41) is 2.81. The van der Waals surface area contributed by atoms with Crippen LogP contribution in [0.1, 0.15) is 18.7 Å². The van der Waals surface area contributed by atoms with Crippen LogP contribution in [0.4, 0.5) is 5.82 Å². The van der Waals surface area contributed by atoms with Gasteiger partial charge in [-0.25, -0.2) is 15.0 Å². The molecule has 8 nitrogen and oxygen atoms in total. The van der Waals surface area contributed by atoms with Crippen molar-refractivity contribution in [2.24, 2.45) is 13.0 Å². The van der Waals surface area contributed by atoms with Gasteiger partial charge in [0.2, 0.25) is 5.91 Å². The Bertz CT molecular complexity index is 994. The third-order valence-corrected chi connectivity index (χ3v) is 4.41. The fraction of sp³-hybridized carbons (Fsp3) is 0.333. The number of aromatic nitrogens is 4. The van der Waals surface area contributed by atoms with Crippen LogP contribution in [0.3, 0.4) is 0 Å². The highest BCUT2D eigenvalue weighted by Gasteiger charge is 2.29. The minimum atomic E-state index is 0.000627. The molecule has 134 valence electrons. The lowest BCUT2D eigenvalue weighted by Gasteiger charge is -2.12. The van der Waals surface area contributed by atoms with Gasteiger partial charge in [0.25, 0.3) is 0 Å². The molecular formula is C18H19N5O3. The van der Waals surface area contributed by atoms with Gasteiger partial charge in [0.15, 0.2) is 17.1 Å². The molecular weight excluding hydrogens is 334 g/mol. The van der Waals surface area contributed by atoms with E-state index in [0.29, 0.717) is 28.7 Å². The molecule has 0 spiro atoms. The van der Waals surface area contributed by atoms with Crippen molar-refractivity contribution in [3.8, 4) is 17.2 Å². The third-order valence-electron chi connectivity index (χ3n) is 4.41. The molecule has 8 heteroatoms. The Morgan fingerprint density at radius 1 is 1.35 bits per heavy atom. The maximum Gasteiger partial charge on any atom is 0.228 e. The highest BCUT2D eigenvalue weighted by Crippen LogP contribution is 2.37. The molecule has 3 aromatic rings. The molecule has 4 rings (SSSR count). The van der Waals surface area contributed by atoms with Gasteiger partial charge in [-0.05, 0) is 25.8 Å². The first-order chi connectivity index (χ1) is 12.6. The molecule has 0 atom stereocenters. The van der Waals surface area contributed by atoms with E-state index in [0.717, 1.165) is 24.2 Å². The predicted molar refractivity (Wildman–Crippen MR) is 95.5 cm³/mol. The van der Waals surface area contributed by atoms with Gasteiger partial charge in [-0.1, -0.05) is 0 Å².